The van der Waals surface area contributed by atoms with Crippen LogP contribution in [-0.2, 0) is 0 Å². The van der Waals surface area contributed by atoms with Gasteiger partial charge in [-0.3, -0.25) is 0 Å². The normalized spacial score (nSPS) is 12.7. The summed E-state index contributed by atoms with van der Waals surface area (Å²) in [5.41, 5.74) is 0.755. The van der Waals surface area contributed by atoms with Crippen LogP contribution in [0.3, 0.4) is 0 Å². The van der Waals surface area contributed by atoms with E-state index in [2.05, 4.69) is 15.9 Å². The Morgan fingerprint density at radius 1 is 1.54 bits per heavy atom. The molecule has 0 saturated carbocycles. The van der Waals surface area contributed by atoms with Gasteiger partial charge in [0.15, 0.2) is 0 Å². The highest BCUT2D eigenvalue weighted by atomic mass is 79.9. The number of ether oxygens (including phenoxy) is 1. The maximum absolute atomic E-state index is 9.36. The number of methoxy groups -OCH3 is 1. The zero-order valence-electron chi connectivity index (χ0n) is 7.34. The molecule has 72 valence electrons. The zero-order valence-corrected chi connectivity index (χ0v) is 9.69. The van der Waals surface area contributed by atoms with Crippen LogP contribution in [0.5, 0.6) is 5.75 Å². The van der Waals surface area contributed by atoms with Crippen molar-refractivity contribution in [3.8, 4) is 5.75 Å². The van der Waals surface area contributed by atoms with E-state index in [0.29, 0.717) is 10.8 Å². The summed E-state index contributed by atoms with van der Waals surface area (Å²) in [6, 6.07) is 3.43. The minimum Gasteiger partial charge on any atom is -0.495 e. The molecule has 13 heavy (non-hydrogen) atoms. The highest BCUT2D eigenvalue weighted by molar-refractivity contribution is 9.10. The lowest BCUT2D eigenvalue weighted by molar-refractivity contribution is 0.198. The average Bonchev–Trinajstić information content (AvgIpc) is 2.07. The Labute approximate surface area is 90.6 Å². The van der Waals surface area contributed by atoms with E-state index in [-0.39, 0.29) is 0 Å². The van der Waals surface area contributed by atoms with Crippen molar-refractivity contribution in [1.82, 2.24) is 0 Å². The quantitative estimate of drug-likeness (QED) is 0.890. The second-order valence-corrected chi connectivity index (χ2v) is 3.95. The standard InChI is InChI=1S/C9H10BrClO2/c1-5(12)6-3-8(11)9(13-2)4-7(6)10/h3-5,12H,1-2H3. The predicted octanol–water partition coefficient (Wildman–Crippen LogP) is 3.16. The summed E-state index contributed by atoms with van der Waals surface area (Å²) in [6.07, 6.45) is -0.544. The van der Waals surface area contributed by atoms with Gasteiger partial charge in [-0.15, -0.1) is 0 Å². The molecule has 0 radical (unpaired) electrons. The van der Waals surface area contributed by atoms with Crippen LogP contribution in [0.1, 0.15) is 18.6 Å². The van der Waals surface area contributed by atoms with Crippen molar-refractivity contribution < 1.29 is 9.84 Å². The SMILES string of the molecule is COc1cc(Br)c(C(C)O)cc1Cl. The predicted molar refractivity (Wildman–Crippen MR) is 56.3 cm³/mol. The molecule has 2 nitrogen and oxygen atoms in total. The van der Waals surface area contributed by atoms with Gasteiger partial charge >= 0.3 is 0 Å². The fraction of sp³-hybridized carbons (Fsp3) is 0.333. The van der Waals surface area contributed by atoms with Crippen molar-refractivity contribution in [3.63, 3.8) is 0 Å². The molecule has 0 aliphatic carbocycles. The average molecular weight is 266 g/mol. The molecule has 0 aliphatic heterocycles. The molecule has 1 rings (SSSR count). The Morgan fingerprint density at radius 3 is 2.62 bits per heavy atom. The van der Waals surface area contributed by atoms with Crippen molar-refractivity contribution in [2.24, 2.45) is 0 Å². The summed E-state index contributed by atoms with van der Waals surface area (Å²) in [6.45, 7) is 1.68. The fourth-order valence-corrected chi connectivity index (χ4v) is 1.92. The van der Waals surface area contributed by atoms with Gasteiger partial charge in [0.05, 0.1) is 18.2 Å². The van der Waals surface area contributed by atoms with Crippen LogP contribution in [0.25, 0.3) is 0 Å². The molecule has 0 fully saturated rings. The monoisotopic (exact) mass is 264 g/mol. The molecule has 1 N–H and O–H groups in total. The van der Waals surface area contributed by atoms with Crippen molar-refractivity contribution in [2.75, 3.05) is 7.11 Å². The van der Waals surface area contributed by atoms with Gasteiger partial charge in [-0.25, -0.2) is 0 Å². The number of aliphatic hydroxyl groups is 1. The summed E-state index contributed by atoms with van der Waals surface area (Å²) < 4.78 is 5.81. The van der Waals surface area contributed by atoms with Crippen LogP contribution in [0, 0.1) is 0 Å². The number of aliphatic hydroxyl groups excluding tert-OH is 1. The van der Waals surface area contributed by atoms with Gasteiger partial charge in [0, 0.05) is 4.47 Å². The zero-order chi connectivity index (χ0) is 10.0. The molecule has 1 atom stereocenters. The topological polar surface area (TPSA) is 29.5 Å². The van der Waals surface area contributed by atoms with Crippen LogP contribution in [0.15, 0.2) is 16.6 Å². The van der Waals surface area contributed by atoms with Crippen molar-refractivity contribution >= 4 is 27.5 Å². The van der Waals surface area contributed by atoms with E-state index in [1.165, 1.54) is 0 Å². The van der Waals surface area contributed by atoms with Gasteiger partial charge < -0.3 is 9.84 Å². The molecule has 4 heteroatoms. The first kappa shape index (κ1) is 10.8. The minimum absolute atomic E-state index is 0.501. The Morgan fingerprint density at radius 2 is 2.15 bits per heavy atom. The van der Waals surface area contributed by atoms with Crippen molar-refractivity contribution in [3.05, 3.63) is 27.2 Å². The Hall–Kier alpha value is -0.250. The maximum Gasteiger partial charge on any atom is 0.138 e. The molecular weight excluding hydrogens is 255 g/mol. The Balaban J connectivity index is 3.20. The number of rotatable bonds is 2. The summed E-state index contributed by atoms with van der Waals surface area (Å²) in [5, 5.41) is 9.86. The summed E-state index contributed by atoms with van der Waals surface area (Å²) in [5.74, 6) is 0.595. The highest BCUT2D eigenvalue weighted by Crippen LogP contribution is 2.33. The largest absolute Gasteiger partial charge is 0.495 e. The van der Waals surface area contributed by atoms with E-state index in [1.54, 1.807) is 26.2 Å². The third-order valence-corrected chi connectivity index (χ3v) is 2.70. The van der Waals surface area contributed by atoms with Crippen molar-refractivity contribution in [1.29, 1.82) is 0 Å². The van der Waals surface area contributed by atoms with Crippen molar-refractivity contribution in [2.45, 2.75) is 13.0 Å². The number of hydrogen-bond acceptors (Lipinski definition) is 2. The van der Waals surface area contributed by atoms with E-state index in [1.807, 2.05) is 0 Å². The lowest BCUT2D eigenvalue weighted by atomic mass is 10.1. The van der Waals surface area contributed by atoms with Gasteiger partial charge in [0.2, 0.25) is 0 Å². The maximum atomic E-state index is 9.36. The molecule has 0 saturated heterocycles. The van der Waals surface area contributed by atoms with Crippen LogP contribution < -0.4 is 4.74 Å². The minimum atomic E-state index is -0.544. The van der Waals surface area contributed by atoms with E-state index in [0.717, 1.165) is 10.0 Å². The molecule has 1 aromatic rings. The summed E-state index contributed by atoms with van der Waals surface area (Å²) in [4.78, 5) is 0. The van der Waals surface area contributed by atoms with E-state index in [4.69, 9.17) is 16.3 Å². The third kappa shape index (κ3) is 2.36. The number of benzene rings is 1. The van der Waals surface area contributed by atoms with Gasteiger partial charge in [-0.2, -0.15) is 0 Å². The first-order valence-corrected chi connectivity index (χ1v) is 4.94. The molecule has 1 unspecified atom stereocenters. The van der Waals surface area contributed by atoms with E-state index in [9.17, 15) is 5.11 Å². The van der Waals surface area contributed by atoms with E-state index < -0.39 is 6.10 Å². The molecule has 0 aromatic heterocycles. The van der Waals surface area contributed by atoms with Gasteiger partial charge in [-0.1, -0.05) is 27.5 Å². The number of hydrogen-bond donors (Lipinski definition) is 1. The van der Waals surface area contributed by atoms with Crippen LogP contribution >= 0.6 is 27.5 Å². The Kier molecular flexibility index (Phi) is 3.59. The first-order valence-electron chi connectivity index (χ1n) is 3.77. The molecule has 0 spiro atoms. The lowest BCUT2D eigenvalue weighted by Gasteiger charge is -2.10. The molecular formula is C9H10BrClO2. The second-order valence-electron chi connectivity index (χ2n) is 2.68. The van der Waals surface area contributed by atoms with Crippen LogP contribution in [0.2, 0.25) is 5.02 Å². The summed E-state index contributed by atoms with van der Waals surface area (Å²) in [7, 11) is 1.55. The molecule has 0 bridgehead atoms. The highest BCUT2D eigenvalue weighted by Gasteiger charge is 2.10. The molecule has 0 aliphatic rings. The van der Waals surface area contributed by atoms with Crippen LogP contribution in [0.4, 0.5) is 0 Å². The van der Waals surface area contributed by atoms with Gasteiger partial charge in [0.1, 0.15) is 5.75 Å². The van der Waals surface area contributed by atoms with Gasteiger partial charge in [-0.05, 0) is 24.6 Å². The molecule has 0 heterocycles. The fourth-order valence-electron chi connectivity index (χ4n) is 1.02. The van der Waals surface area contributed by atoms with E-state index >= 15 is 0 Å². The number of halogens is 2. The Bertz CT molecular complexity index is 313. The summed E-state index contributed by atoms with van der Waals surface area (Å²) >= 11 is 9.21. The third-order valence-electron chi connectivity index (χ3n) is 1.72. The van der Waals surface area contributed by atoms with Gasteiger partial charge in [0.25, 0.3) is 0 Å². The second kappa shape index (κ2) is 4.31. The molecule has 0 amide bonds. The molecule has 1 aromatic carbocycles. The smallest absolute Gasteiger partial charge is 0.138 e. The first-order chi connectivity index (χ1) is 6.06. The van der Waals surface area contributed by atoms with Crippen LogP contribution in [-0.4, -0.2) is 12.2 Å². The lowest BCUT2D eigenvalue weighted by Crippen LogP contribution is -1.94.